The lowest BCUT2D eigenvalue weighted by molar-refractivity contribution is 0.0734. The van der Waals surface area contributed by atoms with E-state index in [-0.39, 0.29) is 5.97 Å². The maximum Gasteiger partial charge on any atom is 0.343 e. The van der Waals surface area contributed by atoms with Gasteiger partial charge >= 0.3 is 5.97 Å². The monoisotopic (exact) mass is 463 g/mol. The van der Waals surface area contributed by atoms with E-state index in [1.165, 1.54) is 82.6 Å². The summed E-state index contributed by atoms with van der Waals surface area (Å²) in [5, 5.41) is 0. The first kappa shape index (κ1) is 26.3. The second-order valence-electron chi connectivity index (χ2n) is 9.73. The van der Waals surface area contributed by atoms with Crippen LogP contribution in [0.1, 0.15) is 106 Å². The Morgan fingerprint density at radius 2 is 1.41 bits per heavy atom. The zero-order valence-corrected chi connectivity index (χ0v) is 21.1. The van der Waals surface area contributed by atoms with Crippen molar-refractivity contribution < 1.29 is 14.3 Å². The van der Waals surface area contributed by atoms with E-state index in [1.54, 1.807) is 12.1 Å². The van der Waals surface area contributed by atoms with Crippen molar-refractivity contribution in [1.82, 2.24) is 0 Å². The van der Waals surface area contributed by atoms with E-state index in [0.717, 1.165) is 31.1 Å². The second-order valence-corrected chi connectivity index (χ2v) is 9.73. The van der Waals surface area contributed by atoms with Crippen LogP contribution >= 0.6 is 0 Å². The molecule has 1 aliphatic carbocycles. The first-order chi connectivity index (χ1) is 16.7. The fourth-order valence-electron chi connectivity index (χ4n) is 4.66. The Labute approximate surface area is 207 Å². The van der Waals surface area contributed by atoms with Crippen molar-refractivity contribution in [1.29, 1.82) is 0 Å². The number of unbranched alkanes of at least 4 members (excludes halogenated alkanes) is 7. The fraction of sp³-hybridized carbons (Fsp3) is 0.548. The normalized spacial score (nSPS) is 14.1. The van der Waals surface area contributed by atoms with Crippen LogP contribution in [0.3, 0.4) is 0 Å². The highest BCUT2D eigenvalue weighted by molar-refractivity contribution is 5.91. The maximum absolute atomic E-state index is 12.5. The van der Waals surface area contributed by atoms with Gasteiger partial charge in [-0.1, -0.05) is 76.8 Å². The summed E-state index contributed by atoms with van der Waals surface area (Å²) < 4.78 is 11.4. The maximum atomic E-state index is 12.5. The van der Waals surface area contributed by atoms with Gasteiger partial charge in [-0.25, -0.2) is 4.79 Å². The van der Waals surface area contributed by atoms with Crippen molar-refractivity contribution >= 4 is 5.97 Å². The molecule has 1 radical (unpaired) electrons. The number of benzene rings is 2. The number of esters is 1. The minimum atomic E-state index is -0.333. The molecule has 3 heteroatoms. The smallest absolute Gasteiger partial charge is 0.343 e. The van der Waals surface area contributed by atoms with Gasteiger partial charge in [0.25, 0.3) is 0 Å². The third-order valence-electron chi connectivity index (χ3n) is 6.89. The van der Waals surface area contributed by atoms with Crippen LogP contribution in [0.4, 0.5) is 0 Å². The molecule has 0 atom stereocenters. The summed E-state index contributed by atoms with van der Waals surface area (Å²) in [6.45, 7) is 2.98. The minimum Gasteiger partial charge on any atom is -0.494 e. The largest absolute Gasteiger partial charge is 0.494 e. The number of rotatable bonds is 15. The molecule has 0 N–H and O–H groups in total. The summed E-state index contributed by atoms with van der Waals surface area (Å²) in [5.74, 6) is 1.92. The van der Waals surface area contributed by atoms with Crippen LogP contribution in [0.5, 0.6) is 11.5 Å². The predicted molar refractivity (Wildman–Crippen MR) is 141 cm³/mol. The standard InChI is InChI=1S/C31H43O3/c1-2-3-4-5-6-7-8-12-25-33-29-23-19-28(20-24-29)31(32)34-30-21-17-27(18-22-30)16-15-26-13-10-9-11-14-26/h9,17-24,26H,2-8,10-16,25H2,1H3. The van der Waals surface area contributed by atoms with E-state index in [9.17, 15) is 4.79 Å². The molecule has 34 heavy (non-hydrogen) atoms. The van der Waals surface area contributed by atoms with Crippen LogP contribution in [0.15, 0.2) is 48.5 Å². The van der Waals surface area contributed by atoms with Crippen molar-refractivity contribution in [2.24, 2.45) is 5.92 Å². The molecule has 185 valence electrons. The number of carbonyl (C=O) groups is 1. The van der Waals surface area contributed by atoms with Gasteiger partial charge in [0.2, 0.25) is 0 Å². The molecule has 1 fully saturated rings. The Morgan fingerprint density at radius 1 is 0.794 bits per heavy atom. The quantitative estimate of drug-likeness (QED) is 0.150. The molecule has 0 bridgehead atoms. The van der Waals surface area contributed by atoms with E-state index in [2.05, 4.69) is 25.5 Å². The Balaban J connectivity index is 1.32. The van der Waals surface area contributed by atoms with Crippen LogP contribution < -0.4 is 9.47 Å². The molecule has 1 aliphatic rings. The van der Waals surface area contributed by atoms with Crippen molar-refractivity contribution in [2.75, 3.05) is 6.61 Å². The van der Waals surface area contributed by atoms with Crippen molar-refractivity contribution in [3.63, 3.8) is 0 Å². The van der Waals surface area contributed by atoms with Gasteiger partial charge in [-0.15, -0.1) is 0 Å². The molecule has 3 rings (SSSR count). The van der Waals surface area contributed by atoms with Crippen LogP contribution in [0, 0.1) is 12.3 Å². The molecule has 0 amide bonds. The highest BCUT2D eigenvalue weighted by Crippen LogP contribution is 2.27. The average molecular weight is 464 g/mol. The van der Waals surface area contributed by atoms with Crippen molar-refractivity contribution in [3.8, 4) is 11.5 Å². The number of carbonyl (C=O) groups excluding carboxylic acids is 1. The first-order valence-electron chi connectivity index (χ1n) is 13.6. The second kappa shape index (κ2) is 15.6. The topological polar surface area (TPSA) is 35.5 Å². The zero-order chi connectivity index (χ0) is 23.8. The van der Waals surface area contributed by atoms with E-state index in [1.807, 2.05) is 24.3 Å². The number of ether oxygens (including phenoxy) is 2. The zero-order valence-electron chi connectivity index (χ0n) is 21.1. The Bertz CT molecular complexity index is 804. The highest BCUT2D eigenvalue weighted by Gasteiger charge is 2.13. The molecule has 3 nitrogen and oxygen atoms in total. The van der Waals surface area contributed by atoms with Gasteiger partial charge in [0, 0.05) is 0 Å². The fourth-order valence-corrected chi connectivity index (χ4v) is 4.66. The molecule has 2 aromatic carbocycles. The van der Waals surface area contributed by atoms with Gasteiger partial charge in [0.15, 0.2) is 0 Å². The van der Waals surface area contributed by atoms with Crippen LogP contribution in [0.25, 0.3) is 0 Å². The SMILES string of the molecule is CCCCCCCCCCOc1ccc(C(=O)Oc2ccc(CCC3CC[CH]CC3)cc2)cc1. The summed E-state index contributed by atoms with van der Waals surface area (Å²) in [6.07, 6.45) is 20.3. The lowest BCUT2D eigenvalue weighted by atomic mass is 9.85. The van der Waals surface area contributed by atoms with Gasteiger partial charge in [0.1, 0.15) is 11.5 Å². The van der Waals surface area contributed by atoms with Crippen LogP contribution in [0.2, 0.25) is 0 Å². The van der Waals surface area contributed by atoms with E-state index >= 15 is 0 Å². The summed E-state index contributed by atoms with van der Waals surface area (Å²) in [4.78, 5) is 12.5. The van der Waals surface area contributed by atoms with Crippen LogP contribution in [-0.4, -0.2) is 12.6 Å². The molecule has 0 heterocycles. The molecule has 2 aromatic rings. The summed E-state index contributed by atoms with van der Waals surface area (Å²) in [7, 11) is 0. The predicted octanol–water partition coefficient (Wildman–Crippen LogP) is 8.75. The van der Waals surface area contributed by atoms with E-state index in [0.29, 0.717) is 11.3 Å². The number of hydrogen-bond acceptors (Lipinski definition) is 3. The van der Waals surface area contributed by atoms with Gasteiger partial charge in [-0.05, 0) is 86.4 Å². The minimum absolute atomic E-state index is 0.333. The summed E-state index contributed by atoms with van der Waals surface area (Å²) >= 11 is 0. The van der Waals surface area contributed by atoms with E-state index in [4.69, 9.17) is 9.47 Å². The Kier molecular flexibility index (Phi) is 12.1. The molecule has 0 saturated heterocycles. The van der Waals surface area contributed by atoms with Crippen LogP contribution in [-0.2, 0) is 6.42 Å². The van der Waals surface area contributed by atoms with Crippen molar-refractivity contribution in [3.05, 3.63) is 66.1 Å². The Hall–Kier alpha value is -2.29. The Morgan fingerprint density at radius 3 is 2.09 bits per heavy atom. The van der Waals surface area contributed by atoms with E-state index < -0.39 is 0 Å². The third kappa shape index (κ3) is 9.91. The number of aryl methyl sites for hydroxylation is 1. The molecular weight excluding hydrogens is 420 g/mol. The lowest BCUT2D eigenvalue weighted by Crippen LogP contribution is -2.09. The van der Waals surface area contributed by atoms with Gasteiger partial charge < -0.3 is 9.47 Å². The third-order valence-corrected chi connectivity index (χ3v) is 6.89. The molecule has 1 saturated carbocycles. The molecule has 0 aromatic heterocycles. The molecular formula is C31H43O3. The van der Waals surface area contributed by atoms with Gasteiger partial charge in [0.05, 0.1) is 12.2 Å². The highest BCUT2D eigenvalue weighted by atomic mass is 16.5. The summed E-state index contributed by atoms with van der Waals surface area (Å²) in [5.41, 5.74) is 1.85. The first-order valence-corrected chi connectivity index (χ1v) is 13.6. The average Bonchev–Trinajstić information content (AvgIpc) is 2.88. The molecule has 0 unspecified atom stereocenters. The summed E-state index contributed by atoms with van der Waals surface area (Å²) in [6, 6.07) is 15.2. The lowest BCUT2D eigenvalue weighted by Gasteiger charge is -2.21. The molecule has 0 spiro atoms. The van der Waals surface area contributed by atoms with Gasteiger partial charge in [-0.3, -0.25) is 0 Å². The van der Waals surface area contributed by atoms with Gasteiger partial charge in [-0.2, -0.15) is 0 Å². The molecule has 0 aliphatic heterocycles. The van der Waals surface area contributed by atoms with Crippen molar-refractivity contribution in [2.45, 2.75) is 96.8 Å². The number of hydrogen-bond donors (Lipinski definition) is 0.